The first-order chi connectivity index (χ1) is 9.99. The van der Waals surface area contributed by atoms with Crippen LogP contribution in [0.1, 0.15) is 47.3 Å². The molecule has 0 saturated carbocycles. The summed E-state index contributed by atoms with van der Waals surface area (Å²) in [7, 11) is 0. The summed E-state index contributed by atoms with van der Waals surface area (Å²) in [6.07, 6.45) is 4.87. The van der Waals surface area contributed by atoms with Gasteiger partial charge in [-0.15, -0.1) is 0 Å². The largest absolute Gasteiger partial charge is 0.478 e. The van der Waals surface area contributed by atoms with Crippen molar-refractivity contribution < 1.29 is 9.90 Å². The van der Waals surface area contributed by atoms with E-state index in [4.69, 9.17) is 0 Å². The van der Waals surface area contributed by atoms with Crippen LogP contribution in [0, 0.1) is 6.92 Å². The fourth-order valence-corrected chi connectivity index (χ4v) is 2.69. The number of aryl methyl sites for hydroxylation is 1. The van der Waals surface area contributed by atoms with E-state index in [1.54, 1.807) is 25.5 Å². The van der Waals surface area contributed by atoms with E-state index in [-0.39, 0.29) is 11.5 Å². The van der Waals surface area contributed by atoms with Gasteiger partial charge in [0.2, 0.25) is 0 Å². The second kappa shape index (κ2) is 6.62. The van der Waals surface area contributed by atoms with Gasteiger partial charge in [-0.1, -0.05) is 25.6 Å². The molecular weight excluding hydrogens is 288 g/mol. The van der Waals surface area contributed by atoms with Crippen LogP contribution in [0.3, 0.4) is 0 Å². The Kier molecular flexibility index (Phi) is 4.85. The predicted molar refractivity (Wildman–Crippen MR) is 79.4 cm³/mol. The summed E-state index contributed by atoms with van der Waals surface area (Å²) in [5.41, 5.74) is 1.43. The maximum absolute atomic E-state index is 11.4. The number of carboxylic acids is 1. The Hall–Kier alpha value is -2.02. The van der Waals surface area contributed by atoms with Gasteiger partial charge < -0.3 is 5.11 Å². The van der Waals surface area contributed by atoms with Gasteiger partial charge >= 0.3 is 5.97 Å². The third kappa shape index (κ3) is 3.75. The molecule has 6 nitrogen and oxygen atoms in total. The Morgan fingerprint density at radius 2 is 2.10 bits per heavy atom. The van der Waals surface area contributed by atoms with Gasteiger partial charge in [0.05, 0.1) is 11.4 Å². The average molecular weight is 304 g/mol. The molecule has 7 heteroatoms. The molecule has 0 unspecified atom stereocenters. The molecule has 0 fully saturated rings. The molecule has 0 aliphatic carbocycles. The Morgan fingerprint density at radius 3 is 2.67 bits per heavy atom. The molecule has 0 aliphatic heterocycles. The number of hydrogen-bond donors (Lipinski definition) is 1. The average Bonchev–Trinajstić information content (AvgIpc) is 2.45. The Balaban J connectivity index is 2.33. The minimum absolute atomic E-state index is 0.141. The SMILES string of the molecule is Cc1nc(C(C)C)nc(SCc2cnccn2)c1C(=O)O. The Morgan fingerprint density at radius 1 is 1.33 bits per heavy atom. The van der Waals surface area contributed by atoms with Crippen molar-refractivity contribution in [3.8, 4) is 0 Å². The van der Waals surface area contributed by atoms with Crippen molar-refractivity contribution in [1.29, 1.82) is 0 Å². The number of hydrogen-bond acceptors (Lipinski definition) is 6. The molecule has 0 radical (unpaired) electrons. The zero-order chi connectivity index (χ0) is 15.4. The number of thioether (sulfide) groups is 1. The van der Waals surface area contributed by atoms with E-state index in [0.29, 0.717) is 22.3 Å². The molecule has 0 atom stereocenters. The molecule has 21 heavy (non-hydrogen) atoms. The molecule has 1 N–H and O–H groups in total. The van der Waals surface area contributed by atoms with Crippen molar-refractivity contribution in [1.82, 2.24) is 19.9 Å². The fraction of sp³-hybridized carbons (Fsp3) is 0.357. The zero-order valence-electron chi connectivity index (χ0n) is 12.1. The minimum atomic E-state index is -1.01. The predicted octanol–water partition coefficient (Wildman–Crippen LogP) is 2.69. The lowest BCUT2D eigenvalue weighted by Crippen LogP contribution is -2.10. The van der Waals surface area contributed by atoms with Crippen molar-refractivity contribution in [3.05, 3.63) is 41.4 Å². The highest BCUT2D eigenvalue weighted by Gasteiger charge is 2.19. The highest BCUT2D eigenvalue weighted by Crippen LogP contribution is 2.27. The van der Waals surface area contributed by atoms with Crippen LogP contribution >= 0.6 is 11.8 Å². The lowest BCUT2D eigenvalue weighted by molar-refractivity contribution is 0.0690. The standard InChI is InChI=1S/C14H16N4O2S/c1-8(2)12-17-9(3)11(14(19)20)13(18-12)21-7-10-6-15-4-5-16-10/h4-6,8H,7H2,1-3H3,(H,19,20). The van der Waals surface area contributed by atoms with E-state index < -0.39 is 5.97 Å². The smallest absolute Gasteiger partial charge is 0.340 e. The summed E-state index contributed by atoms with van der Waals surface area (Å²) in [4.78, 5) is 28.2. The molecule has 2 aromatic heterocycles. The second-order valence-electron chi connectivity index (χ2n) is 4.79. The maximum atomic E-state index is 11.4. The summed E-state index contributed by atoms with van der Waals surface area (Å²) < 4.78 is 0. The van der Waals surface area contributed by atoms with Gasteiger partial charge in [-0.2, -0.15) is 0 Å². The van der Waals surface area contributed by atoms with Crippen LogP contribution < -0.4 is 0 Å². The third-order valence-corrected chi connectivity index (χ3v) is 3.79. The number of carbonyl (C=O) groups is 1. The van der Waals surface area contributed by atoms with Gasteiger partial charge in [-0.3, -0.25) is 9.97 Å². The van der Waals surface area contributed by atoms with E-state index in [1.807, 2.05) is 13.8 Å². The van der Waals surface area contributed by atoms with E-state index in [2.05, 4.69) is 19.9 Å². The summed E-state index contributed by atoms with van der Waals surface area (Å²) in [5.74, 6) is 0.299. The summed E-state index contributed by atoms with van der Waals surface area (Å²) in [5, 5.41) is 9.83. The molecule has 0 amide bonds. The van der Waals surface area contributed by atoms with Crippen LogP contribution in [0.2, 0.25) is 0 Å². The molecule has 0 aliphatic rings. The number of nitrogens with zero attached hydrogens (tertiary/aromatic N) is 4. The number of aromatic nitrogens is 4. The van der Waals surface area contributed by atoms with E-state index in [9.17, 15) is 9.90 Å². The van der Waals surface area contributed by atoms with Gasteiger partial charge in [-0.25, -0.2) is 14.8 Å². The van der Waals surface area contributed by atoms with Crippen molar-refractivity contribution in [3.63, 3.8) is 0 Å². The zero-order valence-corrected chi connectivity index (χ0v) is 12.9. The Labute approximate surface area is 127 Å². The molecule has 0 saturated heterocycles. The topological polar surface area (TPSA) is 88.9 Å². The first kappa shape index (κ1) is 15.4. The van der Waals surface area contributed by atoms with Crippen molar-refractivity contribution >= 4 is 17.7 Å². The summed E-state index contributed by atoms with van der Waals surface area (Å²) in [6, 6.07) is 0. The Bertz CT molecular complexity index is 647. The van der Waals surface area contributed by atoms with Gasteiger partial charge in [0.1, 0.15) is 16.4 Å². The lowest BCUT2D eigenvalue weighted by atomic mass is 10.2. The quantitative estimate of drug-likeness (QED) is 0.671. The van der Waals surface area contributed by atoms with E-state index in [1.165, 1.54) is 11.8 Å². The normalized spacial score (nSPS) is 10.9. The number of rotatable bonds is 5. The van der Waals surface area contributed by atoms with Crippen LogP contribution in [0.25, 0.3) is 0 Å². The second-order valence-corrected chi connectivity index (χ2v) is 5.76. The van der Waals surface area contributed by atoms with Crippen LogP contribution in [-0.2, 0) is 5.75 Å². The summed E-state index contributed by atoms with van der Waals surface area (Å²) in [6.45, 7) is 5.65. The first-order valence-electron chi connectivity index (χ1n) is 6.48. The van der Waals surface area contributed by atoms with Crippen LogP contribution in [0.4, 0.5) is 0 Å². The lowest BCUT2D eigenvalue weighted by Gasteiger charge is -2.11. The molecular formula is C14H16N4O2S. The van der Waals surface area contributed by atoms with Crippen molar-refractivity contribution in [2.45, 2.75) is 37.5 Å². The minimum Gasteiger partial charge on any atom is -0.478 e. The molecule has 0 spiro atoms. The van der Waals surface area contributed by atoms with Crippen molar-refractivity contribution in [2.24, 2.45) is 0 Å². The molecule has 2 rings (SSSR count). The highest BCUT2D eigenvalue weighted by molar-refractivity contribution is 7.98. The first-order valence-corrected chi connectivity index (χ1v) is 7.47. The van der Waals surface area contributed by atoms with Crippen molar-refractivity contribution in [2.75, 3.05) is 0 Å². The van der Waals surface area contributed by atoms with Gasteiger partial charge in [0.25, 0.3) is 0 Å². The van der Waals surface area contributed by atoms with E-state index in [0.717, 1.165) is 5.69 Å². The monoisotopic (exact) mass is 304 g/mol. The molecule has 0 bridgehead atoms. The van der Waals surface area contributed by atoms with Gasteiger partial charge in [0.15, 0.2) is 0 Å². The molecule has 2 aromatic rings. The van der Waals surface area contributed by atoms with Gasteiger partial charge in [-0.05, 0) is 6.92 Å². The molecule has 2 heterocycles. The highest BCUT2D eigenvalue weighted by atomic mass is 32.2. The number of carboxylic acid groups (broad SMARTS) is 1. The van der Waals surface area contributed by atoms with Gasteiger partial charge in [0, 0.05) is 30.3 Å². The van der Waals surface area contributed by atoms with Crippen LogP contribution in [0.5, 0.6) is 0 Å². The van der Waals surface area contributed by atoms with Crippen LogP contribution in [-0.4, -0.2) is 31.0 Å². The summed E-state index contributed by atoms with van der Waals surface area (Å²) >= 11 is 1.34. The molecule has 110 valence electrons. The van der Waals surface area contributed by atoms with E-state index >= 15 is 0 Å². The third-order valence-electron chi connectivity index (χ3n) is 2.78. The maximum Gasteiger partial charge on any atom is 0.340 e. The fourth-order valence-electron chi connectivity index (χ4n) is 1.72. The van der Waals surface area contributed by atoms with Crippen LogP contribution in [0.15, 0.2) is 23.6 Å². The number of aromatic carboxylic acids is 1. The molecule has 0 aromatic carbocycles.